The first-order chi connectivity index (χ1) is 8.30. The van der Waals surface area contributed by atoms with E-state index in [2.05, 4.69) is 31.3 Å². The highest BCUT2D eigenvalue weighted by molar-refractivity contribution is 5.81. The van der Waals surface area contributed by atoms with Gasteiger partial charge in [0.25, 0.3) is 0 Å². The molecule has 0 bridgehead atoms. The smallest absolute Gasteiger partial charge is 0.225 e. The van der Waals surface area contributed by atoms with Gasteiger partial charge in [0.1, 0.15) is 0 Å². The lowest BCUT2D eigenvalue weighted by Crippen LogP contribution is -2.37. The van der Waals surface area contributed by atoms with Crippen LogP contribution in [0.25, 0.3) is 0 Å². The van der Waals surface area contributed by atoms with Crippen molar-refractivity contribution >= 4 is 5.91 Å². The molecule has 0 aliphatic carbocycles. The van der Waals surface area contributed by atoms with Crippen LogP contribution in [0.3, 0.4) is 0 Å². The van der Waals surface area contributed by atoms with Crippen LogP contribution in [0.1, 0.15) is 52.6 Å². The Kier molecular flexibility index (Phi) is 4.94. The van der Waals surface area contributed by atoms with Crippen molar-refractivity contribution < 1.29 is 4.79 Å². The number of hydrogen-bond acceptors (Lipinski definition) is 1. The molecule has 1 aromatic carbocycles. The number of nitrogens with one attached hydrogen (secondary N) is 1. The van der Waals surface area contributed by atoms with Crippen LogP contribution >= 0.6 is 0 Å². The molecule has 0 radical (unpaired) electrons. The molecule has 2 heteroatoms. The van der Waals surface area contributed by atoms with Gasteiger partial charge in [0.15, 0.2) is 0 Å². The maximum atomic E-state index is 12.1. The molecule has 1 N–H and O–H groups in total. The van der Waals surface area contributed by atoms with Gasteiger partial charge in [-0.1, -0.05) is 65.0 Å². The third-order valence-corrected chi connectivity index (χ3v) is 2.90. The molecule has 0 spiro atoms. The first-order valence-electron chi connectivity index (χ1n) is 6.66. The van der Waals surface area contributed by atoms with Crippen LogP contribution in [-0.4, -0.2) is 5.91 Å². The molecule has 2 nitrogen and oxygen atoms in total. The molecule has 100 valence electrons. The molecule has 1 amide bonds. The lowest BCUT2D eigenvalue weighted by Gasteiger charge is -2.26. The van der Waals surface area contributed by atoms with Gasteiger partial charge in [0, 0.05) is 5.41 Å². The predicted molar refractivity (Wildman–Crippen MR) is 76.2 cm³/mol. The molecule has 18 heavy (non-hydrogen) atoms. The van der Waals surface area contributed by atoms with E-state index in [4.69, 9.17) is 0 Å². The Hall–Kier alpha value is -1.31. The van der Waals surface area contributed by atoms with Crippen LogP contribution in [-0.2, 0) is 4.79 Å². The summed E-state index contributed by atoms with van der Waals surface area (Å²) in [6.07, 6.45) is 0.964. The molecular weight excluding hydrogens is 222 g/mol. The summed E-state index contributed by atoms with van der Waals surface area (Å²) < 4.78 is 0. The van der Waals surface area contributed by atoms with Gasteiger partial charge in [-0.25, -0.2) is 0 Å². The van der Waals surface area contributed by atoms with Gasteiger partial charge in [0.05, 0.1) is 6.04 Å². The van der Waals surface area contributed by atoms with Crippen LogP contribution in [0, 0.1) is 11.3 Å². The SMILES string of the molecule is CC(C)CC(NC(=O)C(C)(C)C)c1ccccc1. The molecule has 0 heterocycles. The van der Waals surface area contributed by atoms with Gasteiger partial charge in [-0.2, -0.15) is 0 Å². The Balaban J connectivity index is 2.84. The second-order valence-corrected chi connectivity index (χ2v) is 6.32. The monoisotopic (exact) mass is 247 g/mol. The number of carbonyl (C=O) groups excluding carboxylic acids is 1. The van der Waals surface area contributed by atoms with Crippen molar-refractivity contribution in [1.29, 1.82) is 0 Å². The largest absolute Gasteiger partial charge is 0.349 e. The lowest BCUT2D eigenvalue weighted by molar-refractivity contribution is -0.129. The molecule has 1 rings (SSSR count). The maximum Gasteiger partial charge on any atom is 0.225 e. The summed E-state index contributed by atoms with van der Waals surface area (Å²) in [6, 6.07) is 10.3. The minimum absolute atomic E-state index is 0.108. The maximum absolute atomic E-state index is 12.1. The molecule has 1 aromatic rings. The Morgan fingerprint density at radius 3 is 2.17 bits per heavy atom. The molecule has 0 aliphatic rings. The third-order valence-electron chi connectivity index (χ3n) is 2.90. The highest BCUT2D eigenvalue weighted by Crippen LogP contribution is 2.23. The molecule has 0 saturated heterocycles. The summed E-state index contributed by atoms with van der Waals surface area (Å²) >= 11 is 0. The normalized spacial score (nSPS) is 13.4. The van der Waals surface area contributed by atoms with E-state index in [0.29, 0.717) is 5.92 Å². The van der Waals surface area contributed by atoms with Gasteiger partial charge < -0.3 is 5.32 Å². The van der Waals surface area contributed by atoms with E-state index in [0.717, 1.165) is 6.42 Å². The second kappa shape index (κ2) is 6.03. The standard InChI is InChI=1S/C16H25NO/c1-12(2)11-14(13-9-7-6-8-10-13)17-15(18)16(3,4)5/h6-10,12,14H,11H2,1-5H3,(H,17,18). The van der Waals surface area contributed by atoms with E-state index >= 15 is 0 Å². The van der Waals surface area contributed by atoms with E-state index in [-0.39, 0.29) is 17.4 Å². The zero-order chi connectivity index (χ0) is 13.8. The van der Waals surface area contributed by atoms with Crippen molar-refractivity contribution in [2.24, 2.45) is 11.3 Å². The summed E-state index contributed by atoms with van der Waals surface area (Å²) in [5.74, 6) is 0.660. The van der Waals surface area contributed by atoms with Gasteiger partial charge >= 0.3 is 0 Å². The van der Waals surface area contributed by atoms with Gasteiger partial charge in [-0.15, -0.1) is 0 Å². The fourth-order valence-electron chi connectivity index (χ4n) is 1.81. The fraction of sp³-hybridized carbons (Fsp3) is 0.562. The average molecular weight is 247 g/mol. The highest BCUT2D eigenvalue weighted by atomic mass is 16.2. The lowest BCUT2D eigenvalue weighted by atomic mass is 9.92. The van der Waals surface area contributed by atoms with E-state index in [1.165, 1.54) is 5.56 Å². The molecular formula is C16H25NO. The van der Waals surface area contributed by atoms with Crippen molar-refractivity contribution in [2.75, 3.05) is 0 Å². The number of amides is 1. The van der Waals surface area contributed by atoms with Gasteiger partial charge in [-0.3, -0.25) is 4.79 Å². The van der Waals surface area contributed by atoms with Crippen LogP contribution < -0.4 is 5.32 Å². The quantitative estimate of drug-likeness (QED) is 0.858. The van der Waals surface area contributed by atoms with E-state index in [1.54, 1.807) is 0 Å². The number of rotatable bonds is 4. The molecule has 0 aromatic heterocycles. The van der Waals surface area contributed by atoms with Crippen molar-refractivity contribution in [2.45, 2.75) is 47.1 Å². The summed E-state index contributed by atoms with van der Waals surface area (Å²) in [5.41, 5.74) is 0.841. The number of benzene rings is 1. The summed E-state index contributed by atoms with van der Waals surface area (Å²) in [4.78, 5) is 12.1. The topological polar surface area (TPSA) is 29.1 Å². The minimum Gasteiger partial charge on any atom is -0.349 e. The summed E-state index contributed by atoms with van der Waals surface area (Å²) in [7, 11) is 0. The van der Waals surface area contributed by atoms with Crippen molar-refractivity contribution in [3.63, 3.8) is 0 Å². The summed E-state index contributed by atoms with van der Waals surface area (Å²) in [5, 5.41) is 3.17. The fourth-order valence-corrected chi connectivity index (χ4v) is 1.81. The first-order valence-corrected chi connectivity index (χ1v) is 6.66. The molecule has 0 saturated carbocycles. The van der Waals surface area contributed by atoms with E-state index in [1.807, 2.05) is 39.0 Å². The van der Waals surface area contributed by atoms with Crippen molar-refractivity contribution in [1.82, 2.24) is 5.32 Å². The molecule has 0 aliphatic heterocycles. The van der Waals surface area contributed by atoms with E-state index in [9.17, 15) is 4.79 Å². The van der Waals surface area contributed by atoms with Crippen LogP contribution in [0.15, 0.2) is 30.3 Å². The predicted octanol–water partition coefficient (Wildman–Crippen LogP) is 3.94. The number of carbonyl (C=O) groups is 1. The Morgan fingerprint density at radius 1 is 1.17 bits per heavy atom. The van der Waals surface area contributed by atoms with Gasteiger partial charge in [-0.05, 0) is 17.9 Å². The Labute approximate surface area is 111 Å². The minimum atomic E-state index is -0.343. The van der Waals surface area contributed by atoms with Crippen LogP contribution in [0.5, 0.6) is 0 Å². The summed E-state index contributed by atoms with van der Waals surface area (Å²) in [6.45, 7) is 10.2. The van der Waals surface area contributed by atoms with Gasteiger partial charge in [0.2, 0.25) is 5.91 Å². The Bertz CT molecular complexity index is 376. The first kappa shape index (κ1) is 14.7. The van der Waals surface area contributed by atoms with Crippen LogP contribution in [0.4, 0.5) is 0 Å². The molecule has 1 atom stereocenters. The number of hydrogen-bond donors (Lipinski definition) is 1. The van der Waals surface area contributed by atoms with Crippen molar-refractivity contribution in [3.8, 4) is 0 Å². The van der Waals surface area contributed by atoms with Crippen LogP contribution in [0.2, 0.25) is 0 Å². The average Bonchev–Trinajstić information content (AvgIpc) is 2.27. The Morgan fingerprint density at radius 2 is 1.72 bits per heavy atom. The zero-order valence-corrected chi connectivity index (χ0v) is 12.2. The van der Waals surface area contributed by atoms with E-state index < -0.39 is 0 Å². The molecule has 0 fully saturated rings. The molecule has 1 unspecified atom stereocenters. The zero-order valence-electron chi connectivity index (χ0n) is 12.2. The van der Waals surface area contributed by atoms with Crippen molar-refractivity contribution in [3.05, 3.63) is 35.9 Å². The second-order valence-electron chi connectivity index (χ2n) is 6.32. The third kappa shape index (κ3) is 4.52. The highest BCUT2D eigenvalue weighted by Gasteiger charge is 2.24.